The molecule has 0 saturated carbocycles. The number of hydrogen-bond acceptors (Lipinski definition) is 4. The number of halogens is 1. The lowest BCUT2D eigenvalue weighted by molar-refractivity contribution is -0.121. The first-order chi connectivity index (χ1) is 15.0. The van der Waals surface area contributed by atoms with Gasteiger partial charge in [-0.2, -0.15) is 0 Å². The molecule has 7 nitrogen and oxygen atoms in total. The standard InChI is InChI=1S/C23H22ClN5O2/c1-16-5-7-17(8-6-16)15-25-21(30)4-2-3-20-26-27-22-23(31)28(13-14-29(20)22)19-11-9-18(24)10-12-19/h5-14H,2-4,15H2,1H3,(H,25,30). The highest BCUT2D eigenvalue weighted by atomic mass is 35.5. The molecule has 0 aliphatic heterocycles. The van der Waals surface area contributed by atoms with Gasteiger partial charge in [-0.25, -0.2) is 0 Å². The van der Waals surface area contributed by atoms with Gasteiger partial charge in [-0.15, -0.1) is 10.2 Å². The molecule has 1 N–H and O–H groups in total. The number of carbonyl (C=O) groups is 1. The van der Waals surface area contributed by atoms with E-state index in [1.165, 1.54) is 10.1 Å². The predicted octanol–water partition coefficient (Wildman–Crippen LogP) is 3.48. The predicted molar refractivity (Wildman–Crippen MR) is 120 cm³/mol. The van der Waals surface area contributed by atoms with Crippen LogP contribution >= 0.6 is 11.6 Å². The zero-order valence-electron chi connectivity index (χ0n) is 17.1. The van der Waals surface area contributed by atoms with Crippen LogP contribution in [0.25, 0.3) is 11.3 Å². The summed E-state index contributed by atoms with van der Waals surface area (Å²) in [5, 5.41) is 11.7. The lowest BCUT2D eigenvalue weighted by Crippen LogP contribution is -2.22. The average Bonchev–Trinajstić information content (AvgIpc) is 3.18. The molecular formula is C23H22ClN5O2. The van der Waals surface area contributed by atoms with Crippen LogP contribution in [0.2, 0.25) is 5.02 Å². The van der Waals surface area contributed by atoms with Crippen molar-refractivity contribution in [2.24, 2.45) is 0 Å². The molecule has 8 heteroatoms. The van der Waals surface area contributed by atoms with E-state index in [4.69, 9.17) is 11.6 Å². The first kappa shape index (κ1) is 20.8. The minimum absolute atomic E-state index is 0.0144. The van der Waals surface area contributed by atoms with E-state index in [0.717, 1.165) is 5.56 Å². The lowest BCUT2D eigenvalue weighted by Gasteiger charge is -2.07. The second kappa shape index (κ2) is 9.14. The van der Waals surface area contributed by atoms with Crippen LogP contribution in [0.3, 0.4) is 0 Å². The Morgan fingerprint density at radius 1 is 1.03 bits per heavy atom. The Bertz CT molecular complexity index is 1260. The van der Waals surface area contributed by atoms with Gasteiger partial charge >= 0.3 is 5.56 Å². The van der Waals surface area contributed by atoms with Crippen molar-refractivity contribution in [1.82, 2.24) is 24.5 Å². The van der Waals surface area contributed by atoms with E-state index in [-0.39, 0.29) is 17.1 Å². The highest BCUT2D eigenvalue weighted by molar-refractivity contribution is 6.30. The van der Waals surface area contributed by atoms with Gasteiger partial charge in [-0.05, 0) is 43.2 Å². The van der Waals surface area contributed by atoms with E-state index in [0.29, 0.717) is 42.3 Å². The van der Waals surface area contributed by atoms with Crippen molar-refractivity contribution in [3.05, 3.63) is 93.3 Å². The molecule has 2 heterocycles. The summed E-state index contributed by atoms with van der Waals surface area (Å²) in [4.78, 5) is 24.9. The number of rotatable bonds is 7. The summed E-state index contributed by atoms with van der Waals surface area (Å²) in [5.41, 5.74) is 2.94. The van der Waals surface area contributed by atoms with Gasteiger partial charge in [0, 0.05) is 42.5 Å². The molecule has 0 radical (unpaired) electrons. The van der Waals surface area contributed by atoms with Gasteiger partial charge < -0.3 is 5.32 Å². The van der Waals surface area contributed by atoms with Gasteiger partial charge in [0.1, 0.15) is 5.82 Å². The fraction of sp³-hybridized carbons (Fsp3) is 0.217. The Balaban J connectivity index is 1.37. The van der Waals surface area contributed by atoms with E-state index in [9.17, 15) is 9.59 Å². The largest absolute Gasteiger partial charge is 0.352 e. The number of benzene rings is 2. The number of fused-ring (bicyclic) bond motifs is 1. The molecule has 0 spiro atoms. The van der Waals surface area contributed by atoms with Crippen molar-refractivity contribution in [2.75, 3.05) is 0 Å². The summed E-state index contributed by atoms with van der Waals surface area (Å²) in [6.07, 6.45) is 4.98. The Morgan fingerprint density at radius 3 is 2.52 bits per heavy atom. The molecule has 0 aliphatic rings. The normalized spacial score (nSPS) is 11.0. The lowest BCUT2D eigenvalue weighted by atomic mass is 10.1. The summed E-state index contributed by atoms with van der Waals surface area (Å²) in [5.74, 6) is 0.640. The maximum absolute atomic E-state index is 12.8. The van der Waals surface area contributed by atoms with Crippen LogP contribution in [0.5, 0.6) is 0 Å². The highest BCUT2D eigenvalue weighted by Gasteiger charge is 2.12. The van der Waals surface area contributed by atoms with Crippen molar-refractivity contribution in [3.8, 4) is 5.69 Å². The van der Waals surface area contributed by atoms with E-state index < -0.39 is 0 Å². The maximum atomic E-state index is 12.8. The van der Waals surface area contributed by atoms with Gasteiger partial charge in [-0.3, -0.25) is 18.6 Å². The van der Waals surface area contributed by atoms with Gasteiger partial charge in [0.25, 0.3) is 0 Å². The molecule has 0 saturated heterocycles. The zero-order chi connectivity index (χ0) is 21.8. The molecular weight excluding hydrogens is 414 g/mol. The summed E-state index contributed by atoms with van der Waals surface area (Å²) in [6.45, 7) is 2.54. The molecule has 2 aromatic heterocycles. The molecule has 0 bridgehead atoms. The third kappa shape index (κ3) is 4.83. The van der Waals surface area contributed by atoms with Crippen LogP contribution in [0.4, 0.5) is 0 Å². The molecule has 0 unspecified atom stereocenters. The first-order valence-electron chi connectivity index (χ1n) is 10.0. The molecule has 158 valence electrons. The van der Waals surface area contributed by atoms with Crippen LogP contribution in [0.15, 0.2) is 65.7 Å². The molecule has 0 aliphatic carbocycles. The second-order valence-electron chi connectivity index (χ2n) is 7.38. The highest BCUT2D eigenvalue weighted by Crippen LogP contribution is 2.13. The fourth-order valence-electron chi connectivity index (χ4n) is 3.31. The molecule has 4 aromatic rings. The third-order valence-corrected chi connectivity index (χ3v) is 5.31. The fourth-order valence-corrected chi connectivity index (χ4v) is 3.44. The monoisotopic (exact) mass is 435 g/mol. The summed E-state index contributed by atoms with van der Waals surface area (Å²) >= 11 is 5.92. The third-order valence-electron chi connectivity index (χ3n) is 5.06. The molecule has 1 amide bonds. The number of carbonyl (C=O) groups excluding carboxylic acids is 1. The Kier molecular flexibility index (Phi) is 6.13. The molecule has 4 rings (SSSR count). The van der Waals surface area contributed by atoms with Gasteiger partial charge in [-0.1, -0.05) is 41.4 Å². The molecule has 2 aromatic carbocycles. The minimum Gasteiger partial charge on any atom is -0.352 e. The van der Waals surface area contributed by atoms with E-state index >= 15 is 0 Å². The van der Waals surface area contributed by atoms with E-state index in [1.807, 2.05) is 31.2 Å². The van der Waals surface area contributed by atoms with Crippen molar-refractivity contribution in [3.63, 3.8) is 0 Å². The van der Waals surface area contributed by atoms with Gasteiger partial charge in [0.15, 0.2) is 0 Å². The van der Waals surface area contributed by atoms with E-state index in [1.54, 1.807) is 41.1 Å². The quantitative estimate of drug-likeness (QED) is 0.482. The van der Waals surface area contributed by atoms with Crippen molar-refractivity contribution in [2.45, 2.75) is 32.7 Å². The van der Waals surface area contributed by atoms with Crippen molar-refractivity contribution in [1.29, 1.82) is 0 Å². The second-order valence-corrected chi connectivity index (χ2v) is 7.81. The molecule has 0 fully saturated rings. The summed E-state index contributed by atoms with van der Waals surface area (Å²) in [7, 11) is 0. The van der Waals surface area contributed by atoms with Crippen LogP contribution in [-0.2, 0) is 17.8 Å². The topological polar surface area (TPSA) is 81.3 Å². The van der Waals surface area contributed by atoms with Crippen molar-refractivity contribution >= 4 is 23.2 Å². The van der Waals surface area contributed by atoms with Crippen molar-refractivity contribution < 1.29 is 4.79 Å². The van der Waals surface area contributed by atoms with Crippen LogP contribution in [0, 0.1) is 6.92 Å². The minimum atomic E-state index is -0.264. The van der Waals surface area contributed by atoms with Crippen LogP contribution in [-0.4, -0.2) is 25.1 Å². The Labute approximate surface area is 184 Å². The maximum Gasteiger partial charge on any atom is 0.300 e. The first-order valence-corrected chi connectivity index (χ1v) is 10.4. The Hall–Kier alpha value is -3.45. The molecule has 31 heavy (non-hydrogen) atoms. The Morgan fingerprint density at radius 2 is 1.77 bits per heavy atom. The number of aryl methyl sites for hydroxylation is 2. The smallest absolute Gasteiger partial charge is 0.300 e. The van der Waals surface area contributed by atoms with Gasteiger partial charge in [0.2, 0.25) is 11.6 Å². The zero-order valence-corrected chi connectivity index (χ0v) is 17.8. The number of nitrogens with one attached hydrogen (secondary N) is 1. The summed E-state index contributed by atoms with van der Waals surface area (Å²) in [6, 6.07) is 15.1. The van der Waals surface area contributed by atoms with Crippen LogP contribution in [0.1, 0.15) is 29.8 Å². The summed E-state index contributed by atoms with van der Waals surface area (Å²) < 4.78 is 3.18. The van der Waals surface area contributed by atoms with Gasteiger partial charge in [0.05, 0.1) is 0 Å². The number of nitrogens with zero attached hydrogens (tertiary/aromatic N) is 4. The number of amides is 1. The average molecular weight is 436 g/mol. The van der Waals surface area contributed by atoms with Crippen LogP contribution < -0.4 is 10.9 Å². The number of hydrogen-bond donors (Lipinski definition) is 1. The number of aromatic nitrogens is 4. The SMILES string of the molecule is Cc1ccc(CNC(=O)CCCc2nnc3c(=O)n(-c4ccc(Cl)cc4)ccn23)cc1. The molecule has 0 atom stereocenters. The van der Waals surface area contributed by atoms with E-state index in [2.05, 4.69) is 15.5 Å².